The SMILES string of the molecule is CC(C)C[C@@H](C(=O)NN1CCC2(CC1)NC(=O)NC2=O)[C@H](CCCc1ccccc1)C(=O)OC(C)(C)C. The second-order valence-electron chi connectivity index (χ2n) is 11.7. The number of hydrogen-bond donors (Lipinski definition) is 3. The Morgan fingerprint density at radius 2 is 1.73 bits per heavy atom. The lowest BCUT2D eigenvalue weighted by molar-refractivity contribution is -0.165. The van der Waals surface area contributed by atoms with Crippen LogP contribution in [0.2, 0.25) is 0 Å². The number of hydrogen-bond acceptors (Lipinski definition) is 6. The Hall–Kier alpha value is -2.94. The van der Waals surface area contributed by atoms with Crippen molar-refractivity contribution in [3.8, 4) is 0 Å². The molecule has 9 nitrogen and oxygen atoms in total. The lowest BCUT2D eigenvalue weighted by Gasteiger charge is -2.38. The summed E-state index contributed by atoms with van der Waals surface area (Å²) >= 11 is 0. The van der Waals surface area contributed by atoms with E-state index in [0.717, 1.165) is 12.8 Å². The van der Waals surface area contributed by atoms with Crippen LogP contribution in [0.4, 0.5) is 4.79 Å². The molecular formula is C28H42N4O5. The molecule has 0 radical (unpaired) electrons. The molecule has 3 rings (SSSR count). The van der Waals surface area contributed by atoms with Gasteiger partial charge in [-0.3, -0.25) is 25.1 Å². The zero-order chi connectivity index (χ0) is 27.2. The summed E-state index contributed by atoms with van der Waals surface area (Å²) in [6, 6.07) is 9.63. The molecule has 9 heteroatoms. The summed E-state index contributed by atoms with van der Waals surface area (Å²) in [5.74, 6) is -1.77. The van der Waals surface area contributed by atoms with Gasteiger partial charge in [0.15, 0.2) is 0 Å². The van der Waals surface area contributed by atoms with Gasteiger partial charge in [0.05, 0.1) is 11.8 Å². The van der Waals surface area contributed by atoms with Crippen LogP contribution >= 0.6 is 0 Å². The van der Waals surface area contributed by atoms with E-state index in [0.29, 0.717) is 38.8 Å². The van der Waals surface area contributed by atoms with Gasteiger partial charge in [-0.15, -0.1) is 0 Å². The van der Waals surface area contributed by atoms with Gasteiger partial charge >= 0.3 is 12.0 Å². The van der Waals surface area contributed by atoms with E-state index in [2.05, 4.69) is 28.2 Å². The Bertz CT molecular complexity index is 965. The fraction of sp³-hybridized carbons (Fsp3) is 0.643. The average Bonchev–Trinajstić information content (AvgIpc) is 3.08. The molecule has 2 atom stereocenters. The molecule has 0 aliphatic carbocycles. The Kier molecular flexibility index (Phi) is 9.34. The first-order chi connectivity index (χ1) is 17.4. The zero-order valence-electron chi connectivity index (χ0n) is 22.8. The number of rotatable bonds is 10. The van der Waals surface area contributed by atoms with E-state index in [4.69, 9.17) is 4.74 Å². The maximum atomic E-state index is 13.6. The quantitative estimate of drug-likeness (QED) is 0.326. The summed E-state index contributed by atoms with van der Waals surface area (Å²) < 4.78 is 5.77. The summed E-state index contributed by atoms with van der Waals surface area (Å²) in [7, 11) is 0. The molecule has 37 heavy (non-hydrogen) atoms. The molecule has 3 N–H and O–H groups in total. The second kappa shape index (κ2) is 12.1. The number of imide groups is 1. The van der Waals surface area contributed by atoms with Gasteiger partial charge < -0.3 is 10.1 Å². The van der Waals surface area contributed by atoms with Crippen LogP contribution in [0.3, 0.4) is 0 Å². The highest BCUT2D eigenvalue weighted by Crippen LogP contribution is 2.30. The monoisotopic (exact) mass is 514 g/mol. The number of nitrogens with one attached hydrogen (secondary N) is 3. The molecule has 2 fully saturated rings. The predicted molar refractivity (Wildman–Crippen MR) is 140 cm³/mol. The third-order valence-electron chi connectivity index (χ3n) is 6.98. The smallest absolute Gasteiger partial charge is 0.322 e. The van der Waals surface area contributed by atoms with Gasteiger partial charge in [-0.2, -0.15) is 0 Å². The molecule has 0 bridgehead atoms. The molecule has 1 spiro atoms. The van der Waals surface area contributed by atoms with Crippen LogP contribution in [0, 0.1) is 17.8 Å². The Morgan fingerprint density at radius 3 is 2.27 bits per heavy atom. The van der Waals surface area contributed by atoms with Gasteiger partial charge in [0.1, 0.15) is 11.1 Å². The van der Waals surface area contributed by atoms with Crippen LogP contribution in [0.5, 0.6) is 0 Å². The summed E-state index contributed by atoms with van der Waals surface area (Å²) in [4.78, 5) is 50.8. The minimum Gasteiger partial charge on any atom is -0.460 e. The number of benzene rings is 1. The van der Waals surface area contributed by atoms with Gasteiger partial charge in [0, 0.05) is 13.1 Å². The highest BCUT2D eigenvalue weighted by atomic mass is 16.6. The van der Waals surface area contributed by atoms with Gasteiger partial charge in [-0.25, -0.2) is 9.80 Å². The van der Waals surface area contributed by atoms with Gasteiger partial charge in [-0.05, 0) is 70.8 Å². The molecule has 0 aromatic heterocycles. The maximum Gasteiger partial charge on any atom is 0.322 e. The molecule has 0 saturated carbocycles. The topological polar surface area (TPSA) is 117 Å². The highest BCUT2D eigenvalue weighted by molar-refractivity contribution is 6.07. The number of carbonyl (C=O) groups excluding carboxylic acids is 4. The lowest BCUT2D eigenvalue weighted by Crippen LogP contribution is -2.59. The van der Waals surface area contributed by atoms with Crippen molar-refractivity contribution in [1.29, 1.82) is 0 Å². The maximum absolute atomic E-state index is 13.6. The molecule has 4 amide bonds. The number of piperidine rings is 1. The predicted octanol–water partition coefficient (Wildman–Crippen LogP) is 3.33. The molecule has 2 aliphatic rings. The molecule has 204 valence electrons. The molecule has 1 aromatic rings. The number of urea groups is 1. The lowest BCUT2D eigenvalue weighted by atomic mass is 9.81. The summed E-state index contributed by atoms with van der Waals surface area (Å²) in [5.41, 5.74) is 2.64. The van der Waals surface area contributed by atoms with E-state index in [1.54, 1.807) is 5.01 Å². The van der Waals surface area contributed by atoms with Crippen molar-refractivity contribution in [1.82, 2.24) is 21.1 Å². The van der Waals surface area contributed by atoms with E-state index >= 15 is 0 Å². The highest BCUT2D eigenvalue weighted by Gasteiger charge is 2.48. The number of hydrazine groups is 1. The van der Waals surface area contributed by atoms with Crippen molar-refractivity contribution in [2.45, 2.75) is 84.3 Å². The number of esters is 1. The first kappa shape index (κ1) is 28.6. The zero-order valence-corrected chi connectivity index (χ0v) is 22.8. The number of carbonyl (C=O) groups is 4. The van der Waals surface area contributed by atoms with Crippen LogP contribution in [-0.4, -0.2) is 53.1 Å². The van der Waals surface area contributed by atoms with Crippen LogP contribution < -0.4 is 16.1 Å². The number of ether oxygens (including phenoxy) is 1. The number of nitrogens with zero attached hydrogens (tertiary/aromatic N) is 1. The van der Waals surface area contributed by atoms with E-state index in [9.17, 15) is 19.2 Å². The number of amides is 4. The largest absolute Gasteiger partial charge is 0.460 e. The van der Waals surface area contributed by atoms with Crippen molar-refractivity contribution in [3.63, 3.8) is 0 Å². The standard InChI is InChI=1S/C28H42N4O5/c1-19(2)18-22(23(33)31-32-16-14-28(15-17-32)25(35)29-26(36)30-28)21(24(34)37-27(3,4)5)13-9-12-20-10-7-6-8-11-20/h6-8,10-11,19,21-22H,9,12-18H2,1-5H3,(H,31,33)(H2,29,30,35,36)/t21-,22+/m0/s1. The van der Waals surface area contributed by atoms with E-state index < -0.39 is 29.0 Å². The van der Waals surface area contributed by atoms with Crippen molar-refractivity contribution in [2.24, 2.45) is 17.8 Å². The van der Waals surface area contributed by atoms with Crippen molar-refractivity contribution >= 4 is 23.8 Å². The molecular weight excluding hydrogens is 472 g/mol. The fourth-order valence-electron chi connectivity index (χ4n) is 5.11. The summed E-state index contributed by atoms with van der Waals surface area (Å²) in [5, 5.41) is 6.82. The summed E-state index contributed by atoms with van der Waals surface area (Å²) in [6.07, 6.45) is 3.47. The van der Waals surface area contributed by atoms with E-state index in [1.165, 1.54) is 5.56 Å². The van der Waals surface area contributed by atoms with Crippen molar-refractivity contribution in [2.75, 3.05) is 13.1 Å². The van der Waals surface area contributed by atoms with Crippen LogP contribution in [0.25, 0.3) is 0 Å². The van der Waals surface area contributed by atoms with E-state index in [1.807, 2.05) is 52.8 Å². The van der Waals surface area contributed by atoms with Crippen molar-refractivity contribution in [3.05, 3.63) is 35.9 Å². The van der Waals surface area contributed by atoms with Crippen LogP contribution in [0.1, 0.15) is 72.3 Å². The average molecular weight is 515 g/mol. The second-order valence-corrected chi connectivity index (χ2v) is 11.7. The first-order valence-electron chi connectivity index (χ1n) is 13.3. The minimum absolute atomic E-state index is 0.205. The Morgan fingerprint density at radius 1 is 1.08 bits per heavy atom. The Labute approximate surface area is 220 Å². The normalized spacial score (nSPS) is 19.3. The minimum atomic E-state index is -0.911. The van der Waals surface area contributed by atoms with Gasteiger partial charge in [0.25, 0.3) is 5.91 Å². The molecule has 2 aliphatic heterocycles. The molecule has 2 heterocycles. The van der Waals surface area contributed by atoms with Gasteiger partial charge in [-0.1, -0.05) is 44.2 Å². The first-order valence-corrected chi connectivity index (χ1v) is 13.3. The van der Waals surface area contributed by atoms with Gasteiger partial charge in [0.2, 0.25) is 5.91 Å². The van der Waals surface area contributed by atoms with Crippen LogP contribution in [-0.2, 0) is 25.5 Å². The molecule has 1 aromatic carbocycles. The third-order valence-corrected chi connectivity index (χ3v) is 6.98. The molecule has 2 saturated heterocycles. The molecule has 0 unspecified atom stereocenters. The van der Waals surface area contributed by atoms with E-state index in [-0.39, 0.29) is 23.7 Å². The number of aryl methyl sites for hydroxylation is 1. The van der Waals surface area contributed by atoms with Crippen LogP contribution in [0.15, 0.2) is 30.3 Å². The third kappa shape index (κ3) is 8.02. The fourth-order valence-corrected chi connectivity index (χ4v) is 5.11. The van der Waals surface area contributed by atoms with Crippen molar-refractivity contribution < 1.29 is 23.9 Å². The Balaban J connectivity index is 1.70. The summed E-state index contributed by atoms with van der Waals surface area (Å²) in [6.45, 7) is 10.4.